The summed E-state index contributed by atoms with van der Waals surface area (Å²) in [6.07, 6.45) is 0.781. The van der Waals surface area contributed by atoms with Gasteiger partial charge in [-0.2, -0.15) is 0 Å². The second-order valence-electron chi connectivity index (χ2n) is 3.75. The molecular formula is C12H15ClN2O. The SMILES string of the molecule is COc1ccc2c(c1)c(CCN)c(Cl)n2C. The molecule has 0 bridgehead atoms. The van der Waals surface area contributed by atoms with Crippen molar-refractivity contribution in [3.63, 3.8) is 0 Å². The highest BCUT2D eigenvalue weighted by Crippen LogP contribution is 2.31. The van der Waals surface area contributed by atoms with Gasteiger partial charge in [0.25, 0.3) is 0 Å². The van der Waals surface area contributed by atoms with Crippen molar-refractivity contribution in [1.82, 2.24) is 4.57 Å². The lowest BCUT2D eigenvalue weighted by Gasteiger charge is -2.01. The molecule has 0 aliphatic rings. The van der Waals surface area contributed by atoms with Gasteiger partial charge in [-0.15, -0.1) is 0 Å². The fourth-order valence-electron chi connectivity index (χ4n) is 1.98. The molecule has 2 rings (SSSR count). The molecule has 1 aromatic carbocycles. The van der Waals surface area contributed by atoms with Gasteiger partial charge in [0.2, 0.25) is 0 Å². The number of halogens is 1. The lowest BCUT2D eigenvalue weighted by atomic mass is 10.1. The van der Waals surface area contributed by atoms with E-state index < -0.39 is 0 Å². The van der Waals surface area contributed by atoms with Crippen molar-refractivity contribution in [2.45, 2.75) is 6.42 Å². The first-order valence-corrected chi connectivity index (χ1v) is 5.57. The Labute approximate surface area is 99.7 Å². The molecule has 4 heteroatoms. The highest BCUT2D eigenvalue weighted by atomic mass is 35.5. The zero-order valence-corrected chi connectivity index (χ0v) is 10.2. The van der Waals surface area contributed by atoms with E-state index in [0.29, 0.717) is 6.54 Å². The molecule has 2 aromatic rings. The molecule has 0 aliphatic heterocycles. The lowest BCUT2D eigenvalue weighted by Crippen LogP contribution is -2.02. The van der Waals surface area contributed by atoms with Gasteiger partial charge in [-0.1, -0.05) is 11.6 Å². The number of fused-ring (bicyclic) bond motifs is 1. The minimum Gasteiger partial charge on any atom is -0.497 e. The summed E-state index contributed by atoms with van der Waals surface area (Å²) < 4.78 is 7.19. The van der Waals surface area contributed by atoms with Crippen molar-refractivity contribution in [3.8, 4) is 5.75 Å². The highest BCUT2D eigenvalue weighted by molar-refractivity contribution is 6.32. The average Bonchev–Trinajstić information content (AvgIpc) is 2.54. The highest BCUT2D eigenvalue weighted by Gasteiger charge is 2.13. The average molecular weight is 239 g/mol. The zero-order valence-electron chi connectivity index (χ0n) is 9.46. The number of benzene rings is 1. The minimum atomic E-state index is 0.593. The Kier molecular flexibility index (Phi) is 3.08. The molecule has 1 heterocycles. The molecule has 0 unspecified atom stereocenters. The number of hydrogen-bond acceptors (Lipinski definition) is 2. The van der Waals surface area contributed by atoms with Crippen LogP contribution in [0, 0.1) is 0 Å². The Morgan fingerprint density at radius 2 is 2.19 bits per heavy atom. The first-order chi connectivity index (χ1) is 7.69. The van der Waals surface area contributed by atoms with E-state index >= 15 is 0 Å². The van der Waals surface area contributed by atoms with Crippen molar-refractivity contribution in [2.24, 2.45) is 12.8 Å². The van der Waals surface area contributed by atoms with E-state index in [2.05, 4.69) is 0 Å². The molecule has 86 valence electrons. The number of aryl methyl sites for hydroxylation is 1. The van der Waals surface area contributed by atoms with Gasteiger partial charge in [0.15, 0.2) is 0 Å². The maximum atomic E-state index is 6.28. The van der Waals surface area contributed by atoms with E-state index in [4.69, 9.17) is 22.1 Å². The van der Waals surface area contributed by atoms with Gasteiger partial charge in [-0.05, 0) is 36.7 Å². The van der Waals surface area contributed by atoms with Crippen LogP contribution in [0.1, 0.15) is 5.56 Å². The van der Waals surface area contributed by atoms with Crippen LogP contribution in [-0.2, 0) is 13.5 Å². The molecule has 0 spiro atoms. The van der Waals surface area contributed by atoms with Crippen LogP contribution in [0.5, 0.6) is 5.75 Å². The smallest absolute Gasteiger partial charge is 0.119 e. The summed E-state index contributed by atoms with van der Waals surface area (Å²) in [6.45, 7) is 0.593. The molecule has 0 fully saturated rings. The summed E-state index contributed by atoms with van der Waals surface area (Å²) in [5, 5.41) is 1.88. The first kappa shape index (κ1) is 11.3. The lowest BCUT2D eigenvalue weighted by molar-refractivity contribution is 0.415. The fraction of sp³-hybridized carbons (Fsp3) is 0.333. The quantitative estimate of drug-likeness (QED) is 0.892. The normalized spacial score (nSPS) is 11.0. The zero-order chi connectivity index (χ0) is 11.7. The largest absolute Gasteiger partial charge is 0.497 e. The van der Waals surface area contributed by atoms with Crippen molar-refractivity contribution in [3.05, 3.63) is 28.9 Å². The maximum absolute atomic E-state index is 6.28. The summed E-state index contributed by atoms with van der Waals surface area (Å²) in [7, 11) is 3.62. The second kappa shape index (κ2) is 4.36. The van der Waals surface area contributed by atoms with E-state index in [1.807, 2.05) is 29.8 Å². The van der Waals surface area contributed by atoms with Gasteiger partial charge >= 0.3 is 0 Å². The van der Waals surface area contributed by atoms with Gasteiger partial charge in [-0.25, -0.2) is 0 Å². The number of methoxy groups -OCH3 is 1. The fourth-order valence-corrected chi connectivity index (χ4v) is 2.27. The van der Waals surface area contributed by atoms with Crippen LogP contribution in [0.25, 0.3) is 10.9 Å². The van der Waals surface area contributed by atoms with Crippen LogP contribution in [0.3, 0.4) is 0 Å². The number of aromatic nitrogens is 1. The van der Waals surface area contributed by atoms with Crippen molar-refractivity contribution >= 4 is 22.5 Å². The van der Waals surface area contributed by atoms with Crippen LogP contribution in [0.15, 0.2) is 18.2 Å². The predicted molar refractivity (Wildman–Crippen MR) is 67.2 cm³/mol. The first-order valence-electron chi connectivity index (χ1n) is 5.20. The molecular weight excluding hydrogens is 224 g/mol. The predicted octanol–water partition coefficient (Wildman–Crippen LogP) is 2.34. The summed E-state index contributed by atoms with van der Waals surface area (Å²) in [5.41, 5.74) is 7.80. The number of nitrogens with two attached hydrogens (primary N) is 1. The standard InChI is InChI=1S/C12H15ClN2O/c1-15-11-4-3-8(16-2)7-10(11)9(5-6-14)12(15)13/h3-4,7H,5-6,14H2,1-2H3. The Morgan fingerprint density at radius 3 is 2.81 bits per heavy atom. The topological polar surface area (TPSA) is 40.2 Å². The Hall–Kier alpha value is -1.19. The molecule has 0 saturated heterocycles. The third kappa shape index (κ3) is 1.66. The second-order valence-corrected chi connectivity index (χ2v) is 4.11. The molecule has 2 N–H and O–H groups in total. The van der Waals surface area contributed by atoms with Gasteiger partial charge in [-0.3, -0.25) is 0 Å². The monoisotopic (exact) mass is 238 g/mol. The molecule has 0 aliphatic carbocycles. The van der Waals surface area contributed by atoms with Crippen LogP contribution in [0.2, 0.25) is 5.15 Å². The van der Waals surface area contributed by atoms with E-state index in [1.54, 1.807) is 7.11 Å². The maximum Gasteiger partial charge on any atom is 0.119 e. The van der Waals surface area contributed by atoms with Gasteiger partial charge in [0, 0.05) is 18.0 Å². The van der Waals surface area contributed by atoms with E-state index in [-0.39, 0.29) is 0 Å². The van der Waals surface area contributed by atoms with Crippen LogP contribution >= 0.6 is 11.6 Å². The number of rotatable bonds is 3. The van der Waals surface area contributed by atoms with E-state index in [0.717, 1.165) is 33.8 Å². The number of hydrogen-bond donors (Lipinski definition) is 1. The summed E-state index contributed by atoms with van der Waals surface area (Å²) in [6, 6.07) is 5.96. The Bertz CT molecular complexity index is 519. The van der Waals surface area contributed by atoms with Crippen molar-refractivity contribution < 1.29 is 4.74 Å². The van der Waals surface area contributed by atoms with Crippen LogP contribution < -0.4 is 10.5 Å². The molecule has 0 atom stereocenters. The molecule has 16 heavy (non-hydrogen) atoms. The summed E-state index contributed by atoms with van der Waals surface area (Å²) in [5.74, 6) is 0.841. The molecule has 1 aromatic heterocycles. The molecule has 0 saturated carbocycles. The molecule has 3 nitrogen and oxygen atoms in total. The van der Waals surface area contributed by atoms with Crippen molar-refractivity contribution in [1.29, 1.82) is 0 Å². The van der Waals surface area contributed by atoms with Crippen molar-refractivity contribution in [2.75, 3.05) is 13.7 Å². The minimum absolute atomic E-state index is 0.593. The Morgan fingerprint density at radius 1 is 1.44 bits per heavy atom. The van der Waals surface area contributed by atoms with Crippen LogP contribution in [-0.4, -0.2) is 18.2 Å². The van der Waals surface area contributed by atoms with E-state index in [1.165, 1.54) is 0 Å². The number of nitrogens with zero attached hydrogens (tertiary/aromatic N) is 1. The van der Waals surface area contributed by atoms with Crippen LogP contribution in [0.4, 0.5) is 0 Å². The van der Waals surface area contributed by atoms with Gasteiger partial charge in [0.1, 0.15) is 10.9 Å². The van der Waals surface area contributed by atoms with Gasteiger partial charge < -0.3 is 15.0 Å². The summed E-state index contributed by atoms with van der Waals surface area (Å²) >= 11 is 6.28. The van der Waals surface area contributed by atoms with Gasteiger partial charge in [0.05, 0.1) is 7.11 Å². The number of ether oxygens (including phenoxy) is 1. The Balaban J connectivity index is 2.70. The summed E-state index contributed by atoms with van der Waals surface area (Å²) in [4.78, 5) is 0. The van der Waals surface area contributed by atoms with E-state index in [9.17, 15) is 0 Å². The third-order valence-corrected chi connectivity index (χ3v) is 3.31. The molecule has 0 amide bonds. The third-order valence-electron chi connectivity index (χ3n) is 2.83. The molecule has 0 radical (unpaired) electrons.